The molecule has 4 aromatic rings. The van der Waals surface area contributed by atoms with Crippen LogP contribution in [0.15, 0.2) is 59.4 Å². The molecule has 2 aromatic heterocycles. The van der Waals surface area contributed by atoms with Gasteiger partial charge in [0.05, 0.1) is 23.7 Å². The van der Waals surface area contributed by atoms with Gasteiger partial charge in [-0.1, -0.05) is 61.9 Å². The Hall–Kier alpha value is -3.36. The van der Waals surface area contributed by atoms with Gasteiger partial charge in [-0.05, 0) is 76.1 Å². The van der Waals surface area contributed by atoms with E-state index in [-0.39, 0.29) is 17.4 Å². The quantitative estimate of drug-likeness (QED) is 0.277. The predicted molar refractivity (Wildman–Crippen MR) is 155 cm³/mol. The summed E-state index contributed by atoms with van der Waals surface area (Å²) in [5, 5.41) is 0.557. The summed E-state index contributed by atoms with van der Waals surface area (Å²) in [6.45, 7) is 9.82. The Morgan fingerprint density at radius 1 is 1.00 bits per heavy atom. The van der Waals surface area contributed by atoms with Gasteiger partial charge in [-0.3, -0.25) is 14.2 Å². The number of carbonyl (C=O) groups excluding carboxylic acids is 1. The maximum absolute atomic E-state index is 14.1. The van der Waals surface area contributed by atoms with Crippen LogP contribution in [0.5, 0.6) is 0 Å². The minimum Gasteiger partial charge on any atom is -0.328 e. The Bertz CT molecular complexity index is 1440. The maximum atomic E-state index is 14.1. The summed E-state index contributed by atoms with van der Waals surface area (Å²) in [5.74, 6) is 0.572. The summed E-state index contributed by atoms with van der Waals surface area (Å²) in [5.41, 5.74) is 3.32. The Morgan fingerprint density at radius 2 is 1.68 bits per heavy atom. The molecule has 7 nitrogen and oxygen atoms in total. The molecule has 2 aromatic carbocycles. The highest BCUT2D eigenvalue weighted by Gasteiger charge is 2.33. The molecule has 0 aliphatic rings. The topological polar surface area (TPSA) is 71.3 Å². The molecule has 2 heterocycles. The van der Waals surface area contributed by atoms with E-state index in [2.05, 4.69) is 23.1 Å². The van der Waals surface area contributed by atoms with Crippen LogP contribution in [-0.4, -0.2) is 56.8 Å². The van der Waals surface area contributed by atoms with E-state index in [1.165, 1.54) is 11.5 Å². The first-order chi connectivity index (χ1) is 18.2. The van der Waals surface area contributed by atoms with Gasteiger partial charge in [0.2, 0.25) is 0 Å². The fourth-order valence-electron chi connectivity index (χ4n) is 4.81. The molecule has 38 heavy (non-hydrogen) atoms. The third-order valence-corrected chi connectivity index (χ3v) is 7.61. The van der Waals surface area contributed by atoms with Crippen molar-refractivity contribution in [1.29, 1.82) is 0 Å². The van der Waals surface area contributed by atoms with E-state index in [4.69, 9.17) is 4.98 Å². The largest absolute Gasteiger partial charge is 0.328 e. The number of aromatic nitrogens is 3. The van der Waals surface area contributed by atoms with Crippen LogP contribution >= 0.6 is 11.5 Å². The van der Waals surface area contributed by atoms with Crippen molar-refractivity contribution in [3.63, 3.8) is 0 Å². The lowest BCUT2D eigenvalue weighted by atomic mass is 9.98. The number of rotatable bonds is 10. The molecule has 0 radical (unpaired) electrons. The monoisotopic (exact) mass is 531 g/mol. The zero-order valence-corrected chi connectivity index (χ0v) is 24.0. The van der Waals surface area contributed by atoms with Gasteiger partial charge in [0, 0.05) is 12.1 Å². The molecule has 0 aliphatic carbocycles. The predicted octanol–water partition coefficient (Wildman–Crippen LogP) is 5.31. The van der Waals surface area contributed by atoms with Gasteiger partial charge in [0.15, 0.2) is 4.83 Å². The number of aryl methyl sites for hydroxylation is 2. The lowest BCUT2D eigenvalue weighted by Gasteiger charge is -2.35. The average molecular weight is 532 g/mol. The molecule has 0 N–H and O–H groups in total. The fraction of sp³-hybridized carbons (Fsp3) is 0.400. The van der Waals surface area contributed by atoms with Crippen LogP contribution in [0.3, 0.4) is 0 Å². The van der Waals surface area contributed by atoms with E-state index in [1.54, 1.807) is 4.57 Å². The second kappa shape index (κ2) is 12.0. The van der Waals surface area contributed by atoms with Crippen LogP contribution in [0.2, 0.25) is 0 Å². The number of hydrogen-bond donors (Lipinski definition) is 0. The van der Waals surface area contributed by atoms with Crippen LogP contribution in [-0.2, 0) is 6.54 Å². The van der Waals surface area contributed by atoms with Crippen molar-refractivity contribution >= 4 is 27.7 Å². The van der Waals surface area contributed by atoms with E-state index in [0.717, 1.165) is 24.1 Å². The minimum atomic E-state index is -0.394. The van der Waals surface area contributed by atoms with Gasteiger partial charge in [-0.25, -0.2) is 4.98 Å². The molecule has 1 amide bonds. The van der Waals surface area contributed by atoms with Crippen molar-refractivity contribution in [3.8, 4) is 0 Å². The number of nitrogens with zero attached hydrogens (tertiary/aromatic N) is 5. The van der Waals surface area contributed by atoms with E-state index in [1.807, 2.05) is 87.4 Å². The number of benzene rings is 2. The Kier molecular flexibility index (Phi) is 8.74. The molecule has 0 aliphatic heterocycles. The van der Waals surface area contributed by atoms with E-state index in [9.17, 15) is 9.59 Å². The van der Waals surface area contributed by atoms with E-state index in [0.29, 0.717) is 40.4 Å². The maximum Gasteiger partial charge on any atom is 0.264 e. The third kappa shape index (κ3) is 6.03. The van der Waals surface area contributed by atoms with E-state index < -0.39 is 6.04 Å². The number of carbonyl (C=O) groups is 1. The average Bonchev–Trinajstić information content (AvgIpc) is 3.26. The van der Waals surface area contributed by atoms with Crippen LogP contribution in [0.4, 0.5) is 0 Å². The molecule has 4 rings (SSSR count). The Balaban J connectivity index is 1.89. The SMILES string of the molecule is Cc1ccc(C(=O)N(CCCN(C)C)[C@@H](c2nc3snc(C)c3c(=O)n2Cc2ccccc2)C(C)C)cc1. The van der Waals surface area contributed by atoms with Gasteiger partial charge < -0.3 is 9.80 Å². The molecule has 0 fully saturated rings. The van der Waals surface area contributed by atoms with Crippen LogP contribution < -0.4 is 5.56 Å². The third-order valence-electron chi connectivity index (χ3n) is 6.78. The molecule has 0 saturated carbocycles. The Morgan fingerprint density at radius 3 is 2.32 bits per heavy atom. The summed E-state index contributed by atoms with van der Waals surface area (Å²) in [6, 6.07) is 17.2. The highest BCUT2D eigenvalue weighted by Crippen LogP contribution is 2.31. The van der Waals surface area contributed by atoms with Crippen molar-refractivity contribution in [2.45, 2.75) is 46.7 Å². The summed E-state index contributed by atoms with van der Waals surface area (Å²) < 4.78 is 6.19. The van der Waals surface area contributed by atoms with Crippen LogP contribution in [0.25, 0.3) is 10.2 Å². The Labute approximate surface area is 228 Å². The highest BCUT2D eigenvalue weighted by atomic mass is 32.1. The molecule has 8 heteroatoms. The van der Waals surface area contributed by atoms with Gasteiger partial charge in [-0.15, -0.1) is 0 Å². The first-order valence-corrected chi connectivity index (χ1v) is 13.9. The lowest BCUT2D eigenvalue weighted by Crippen LogP contribution is -2.42. The standard InChI is InChI=1S/C30H37N5O2S/c1-20(2)26(34(18-10-17-33(5)6)29(36)24-15-13-21(3)14-16-24)27-31-28-25(22(4)32-38-28)30(37)35(27)19-23-11-8-7-9-12-23/h7-9,11-16,20,26H,10,17-19H2,1-6H3/t26-/m1/s1. The van der Waals surface area contributed by atoms with Crippen molar-refractivity contribution < 1.29 is 4.79 Å². The molecule has 200 valence electrons. The first kappa shape index (κ1) is 27.7. The van der Waals surface area contributed by atoms with Gasteiger partial charge in [0.1, 0.15) is 5.82 Å². The van der Waals surface area contributed by atoms with Crippen molar-refractivity contribution in [1.82, 2.24) is 23.7 Å². The van der Waals surface area contributed by atoms with Gasteiger partial charge in [0.25, 0.3) is 11.5 Å². The zero-order valence-electron chi connectivity index (χ0n) is 23.1. The second-order valence-corrected chi connectivity index (χ2v) is 11.3. The molecule has 0 unspecified atom stereocenters. The lowest BCUT2D eigenvalue weighted by molar-refractivity contribution is 0.0595. The van der Waals surface area contributed by atoms with Crippen molar-refractivity contribution in [2.24, 2.45) is 5.92 Å². The summed E-state index contributed by atoms with van der Waals surface area (Å²) in [7, 11) is 4.07. The number of hydrogen-bond acceptors (Lipinski definition) is 6. The molecule has 1 atom stereocenters. The number of amides is 1. The summed E-state index contributed by atoms with van der Waals surface area (Å²) in [6.07, 6.45) is 0.804. The zero-order chi connectivity index (χ0) is 27.4. The summed E-state index contributed by atoms with van der Waals surface area (Å²) >= 11 is 1.24. The van der Waals surface area contributed by atoms with E-state index >= 15 is 0 Å². The second-order valence-electron chi connectivity index (χ2n) is 10.5. The van der Waals surface area contributed by atoms with Crippen molar-refractivity contribution in [2.75, 3.05) is 27.2 Å². The smallest absolute Gasteiger partial charge is 0.264 e. The highest BCUT2D eigenvalue weighted by molar-refractivity contribution is 7.12. The first-order valence-electron chi connectivity index (χ1n) is 13.1. The molecule has 0 bridgehead atoms. The fourth-order valence-corrected chi connectivity index (χ4v) is 5.59. The molecular weight excluding hydrogens is 494 g/mol. The number of fused-ring (bicyclic) bond motifs is 1. The van der Waals surface area contributed by atoms with Gasteiger partial charge in [-0.2, -0.15) is 4.37 Å². The molecule has 0 saturated heterocycles. The van der Waals surface area contributed by atoms with Crippen LogP contribution in [0, 0.1) is 19.8 Å². The normalized spacial score (nSPS) is 12.4. The van der Waals surface area contributed by atoms with Crippen LogP contribution in [0.1, 0.15) is 59.3 Å². The van der Waals surface area contributed by atoms with Gasteiger partial charge >= 0.3 is 0 Å². The van der Waals surface area contributed by atoms with Crippen molar-refractivity contribution in [3.05, 3.63) is 93.2 Å². The summed E-state index contributed by atoms with van der Waals surface area (Å²) in [4.78, 5) is 37.7. The molecular formula is C30H37N5O2S. The minimum absolute atomic E-state index is 0.0177. The molecule has 0 spiro atoms.